The number of fused-ring (bicyclic) bond motifs is 1. The maximum absolute atomic E-state index is 13.6. The number of carbonyl (C=O) groups excluding carboxylic acids is 1. The predicted octanol–water partition coefficient (Wildman–Crippen LogP) is 4.34. The molecule has 1 aliphatic heterocycles. The molecular weight excluding hydrogens is 514 g/mol. The number of thiazole rings is 1. The first kappa shape index (κ1) is 24.6. The van der Waals surface area contributed by atoms with Crippen molar-refractivity contribution in [1.82, 2.24) is 4.57 Å². The van der Waals surface area contributed by atoms with E-state index in [0.29, 0.717) is 37.7 Å². The van der Waals surface area contributed by atoms with Crippen molar-refractivity contribution in [3.63, 3.8) is 0 Å². The van der Waals surface area contributed by atoms with E-state index < -0.39 is 16.9 Å². The fourth-order valence-corrected chi connectivity index (χ4v) is 6.06. The first-order valence-electron chi connectivity index (χ1n) is 11.4. The number of allylic oxidation sites excluding steroid dienone is 1. The minimum atomic E-state index is -0.653. The summed E-state index contributed by atoms with van der Waals surface area (Å²) in [6.45, 7) is 5.45. The summed E-state index contributed by atoms with van der Waals surface area (Å²) in [5, 5.41) is 13.4. The first-order valence-corrected chi connectivity index (χ1v) is 13.1. The molecule has 4 aromatic rings. The summed E-state index contributed by atoms with van der Waals surface area (Å²) in [6.07, 6.45) is 1.59. The van der Waals surface area contributed by atoms with Crippen LogP contribution in [0, 0.1) is 17.0 Å². The smallest absolute Gasteiger partial charge is 0.338 e. The van der Waals surface area contributed by atoms with E-state index in [4.69, 9.17) is 9.15 Å². The summed E-state index contributed by atoms with van der Waals surface area (Å²) >= 11 is 2.62. The number of esters is 1. The Morgan fingerprint density at radius 3 is 2.78 bits per heavy atom. The Morgan fingerprint density at radius 2 is 2.08 bits per heavy atom. The van der Waals surface area contributed by atoms with Gasteiger partial charge in [0, 0.05) is 17.0 Å². The predicted molar refractivity (Wildman–Crippen MR) is 140 cm³/mol. The fourth-order valence-electron chi connectivity index (χ4n) is 4.21. The van der Waals surface area contributed by atoms with E-state index >= 15 is 0 Å². The molecule has 1 aliphatic rings. The van der Waals surface area contributed by atoms with Gasteiger partial charge in [0.2, 0.25) is 0 Å². The topological polar surface area (TPSA) is 117 Å². The summed E-state index contributed by atoms with van der Waals surface area (Å²) in [7, 11) is 0. The van der Waals surface area contributed by atoms with Gasteiger partial charge in [0.15, 0.2) is 4.80 Å². The number of hydrogen-bond donors (Lipinski definition) is 0. The van der Waals surface area contributed by atoms with Gasteiger partial charge in [-0.05, 0) is 56.0 Å². The number of aromatic nitrogens is 1. The van der Waals surface area contributed by atoms with Crippen molar-refractivity contribution in [2.24, 2.45) is 4.99 Å². The van der Waals surface area contributed by atoms with Gasteiger partial charge < -0.3 is 9.15 Å². The van der Waals surface area contributed by atoms with Crippen molar-refractivity contribution in [2.45, 2.75) is 26.8 Å². The van der Waals surface area contributed by atoms with Gasteiger partial charge in [-0.15, -0.1) is 11.3 Å². The van der Waals surface area contributed by atoms with Crippen LogP contribution in [0.25, 0.3) is 17.4 Å². The Morgan fingerprint density at radius 1 is 1.27 bits per heavy atom. The molecule has 1 aromatic carbocycles. The Bertz CT molecular complexity index is 1740. The van der Waals surface area contributed by atoms with E-state index in [1.807, 2.05) is 17.5 Å². The summed E-state index contributed by atoms with van der Waals surface area (Å²) in [4.78, 5) is 43.4. The molecule has 3 aromatic heterocycles. The Hall–Kier alpha value is -4.09. The summed E-state index contributed by atoms with van der Waals surface area (Å²) in [6, 6.07) is 11.3. The molecule has 0 saturated heterocycles. The second-order valence-corrected chi connectivity index (χ2v) is 10.3. The lowest BCUT2D eigenvalue weighted by Gasteiger charge is -2.23. The molecule has 37 heavy (non-hydrogen) atoms. The van der Waals surface area contributed by atoms with Crippen molar-refractivity contribution in [3.8, 4) is 11.3 Å². The van der Waals surface area contributed by atoms with Crippen LogP contribution in [0.15, 0.2) is 73.3 Å². The number of rotatable bonds is 6. The highest BCUT2D eigenvalue weighted by atomic mass is 32.1. The number of carbonyl (C=O) groups is 1. The van der Waals surface area contributed by atoms with Crippen molar-refractivity contribution in [2.75, 3.05) is 6.61 Å². The van der Waals surface area contributed by atoms with Crippen LogP contribution in [0.4, 0.5) is 5.69 Å². The molecule has 0 unspecified atom stereocenters. The van der Waals surface area contributed by atoms with Gasteiger partial charge in [-0.25, -0.2) is 9.79 Å². The zero-order valence-electron chi connectivity index (χ0n) is 20.1. The molecule has 1 atom stereocenters. The van der Waals surface area contributed by atoms with Gasteiger partial charge in [0.1, 0.15) is 17.6 Å². The third-order valence-electron chi connectivity index (χ3n) is 5.85. The average molecular weight is 536 g/mol. The minimum absolute atomic E-state index is 0.0572. The van der Waals surface area contributed by atoms with Gasteiger partial charge >= 0.3 is 5.97 Å². The normalized spacial score (nSPS) is 15.4. The molecule has 0 spiro atoms. The third-order valence-corrected chi connectivity index (χ3v) is 7.75. The molecule has 9 nitrogen and oxygen atoms in total. The average Bonchev–Trinajstić information content (AvgIpc) is 3.60. The van der Waals surface area contributed by atoms with Gasteiger partial charge in [0.05, 0.1) is 32.9 Å². The van der Waals surface area contributed by atoms with Crippen LogP contribution in [0.2, 0.25) is 0 Å². The number of hydrogen-bond acceptors (Lipinski definition) is 9. The SMILES string of the molecule is CCOC(=O)C1=C(C)N=c2s/c(=C\c3ccc(-c4ccc(C)cc4[N+](=O)[O-])o3)c(=O)n2[C@H]1c1cccs1. The van der Waals surface area contributed by atoms with Gasteiger partial charge in [-0.3, -0.25) is 19.5 Å². The quantitative estimate of drug-likeness (QED) is 0.206. The lowest BCUT2D eigenvalue weighted by Crippen LogP contribution is -2.39. The zero-order chi connectivity index (χ0) is 26.3. The highest BCUT2D eigenvalue weighted by Crippen LogP contribution is 2.34. The van der Waals surface area contributed by atoms with Crippen molar-refractivity contribution < 1.29 is 18.9 Å². The van der Waals surface area contributed by atoms with Crippen LogP contribution in [0.1, 0.15) is 36.1 Å². The minimum Gasteiger partial charge on any atom is -0.463 e. The number of nitro benzene ring substituents is 1. The van der Waals surface area contributed by atoms with E-state index in [2.05, 4.69) is 4.99 Å². The first-order chi connectivity index (χ1) is 17.8. The van der Waals surface area contributed by atoms with E-state index in [0.717, 1.165) is 10.4 Å². The van der Waals surface area contributed by atoms with Gasteiger partial charge in [0.25, 0.3) is 11.2 Å². The molecule has 0 fully saturated rings. The highest BCUT2D eigenvalue weighted by molar-refractivity contribution is 7.10. The van der Waals surface area contributed by atoms with Gasteiger partial charge in [-0.1, -0.05) is 23.5 Å². The monoisotopic (exact) mass is 535 g/mol. The summed E-state index contributed by atoms with van der Waals surface area (Å²) < 4.78 is 13.0. The molecule has 0 radical (unpaired) electrons. The number of benzene rings is 1. The van der Waals surface area contributed by atoms with Crippen molar-refractivity contribution in [1.29, 1.82) is 0 Å². The van der Waals surface area contributed by atoms with Crippen LogP contribution in [0.3, 0.4) is 0 Å². The second kappa shape index (κ2) is 9.75. The van der Waals surface area contributed by atoms with Crippen LogP contribution in [-0.2, 0) is 9.53 Å². The number of ether oxygens (including phenoxy) is 1. The molecule has 0 amide bonds. The molecule has 4 heterocycles. The Labute approximate surface area is 218 Å². The molecule has 0 bridgehead atoms. The number of thiophene rings is 1. The van der Waals surface area contributed by atoms with E-state index in [-0.39, 0.29) is 17.9 Å². The van der Waals surface area contributed by atoms with E-state index in [9.17, 15) is 19.7 Å². The molecular formula is C26H21N3O6S2. The zero-order valence-corrected chi connectivity index (χ0v) is 21.7. The Kier molecular flexibility index (Phi) is 6.48. The number of nitro groups is 1. The maximum Gasteiger partial charge on any atom is 0.338 e. The number of aryl methyl sites for hydroxylation is 1. The maximum atomic E-state index is 13.6. The van der Waals surface area contributed by atoms with Crippen LogP contribution in [-0.4, -0.2) is 22.1 Å². The fraction of sp³-hybridized carbons (Fsp3) is 0.192. The highest BCUT2D eigenvalue weighted by Gasteiger charge is 2.34. The molecule has 5 rings (SSSR count). The number of nitrogens with zero attached hydrogens (tertiary/aromatic N) is 3. The largest absolute Gasteiger partial charge is 0.463 e. The van der Waals surface area contributed by atoms with E-state index in [1.54, 1.807) is 51.1 Å². The van der Waals surface area contributed by atoms with Gasteiger partial charge in [-0.2, -0.15) is 0 Å². The lowest BCUT2D eigenvalue weighted by molar-refractivity contribution is -0.384. The van der Waals surface area contributed by atoms with Crippen LogP contribution < -0.4 is 14.9 Å². The number of furan rings is 1. The third kappa shape index (κ3) is 4.47. The molecule has 11 heteroatoms. The lowest BCUT2D eigenvalue weighted by atomic mass is 10.0. The standard InChI is InChI=1S/C26H21N3O6S2/c1-4-34-25(31)22-15(3)27-26-28(23(22)20-6-5-11-36-20)24(30)21(37-26)13-16-8-10-19(35-16)17-9-7-14(2)12-18(17)29(32)33/h5-13,23H,4H2,1-3H3/b21-13-/t23-/m0/s1. The second-order valence-electron chi connectivity index (χ2n) is 8.30. The van der Waals surface area contributed by atoms with Crippen molar-refractivity contribution >= 4 is 40.4 Å². The summed E-state index contributed by atoms with van der Waals surface area (Å²) in [5.41, 5.74) is 1.56. The van der Waals surface area contributed by atoms with Crippen LogP contribution in [0.5, 0.6) is 0 Å². The molecule has 188 valence electrons. The van der Waals surface area contributed by atoms with Crippen molar-refractivity contribution in [3.05, 3.63) is 105 Å². The summed E-state index contributed by atoms with van der Waals surface area (Å²) in [5.74, 6) is 0.179. The Balaban J connectivity index is 1.62. The van der Waals surface area contributed by atoms with Crippen LogP contribution >= 0.6 is 22.7 Å². The molecule has 0 N–H and O–H groups in total. The molecule has 0 saturated carbocycles. The molecule has 0 aliphatic carbocycles. The van der Waals surface area contributed by atoms with E-state index in [1.165, 1.54) is 33.3 Å².